The Hall–Kier alpha value is -1.10. The van der Waals surface area contributed by atoms with E-state index >= 15 is 0 Å². The second-order valence-corrected chi connectivity index (χ2v) is 19.4. The Morgan fingerprint density at radius 1 is 0.311 bits per heavy atom. The molecule has 0 aromatic carbocycles. The lowest BCUT2D eigenvalue weighted by Crippen LogP contribution is -2.28. The van der Waals surface area contributed by atoms with E-state index in [1.807, 2.05) is 0 Å². The smallest absolute Gasteiger partial charge is 0.306 e. The Kier molecular flexibility index (Phi) is 52.3. The van der Waals surface area contributed by atoms with Gasteiger partial charge in [0.25, 0.3) is 0 Å². The van der Waals surface area contributed by atoms with Gasteiger partial charge in [0.1, 0.15) is 6.61 Å². The lowest BCUT2D eigenvalue weighted by Gasteiger charge is -2.15. The van der Waals surface area contributed by atoms with Crippen LogP contribution in [0.3, 0.4) is 0 Å². The van der Waals surface area contributed by atoms with Gasteiger partial charge in [-0.05, 0) is 12.8 Å². The zero-order valence-electron chi connectivity index (χ0n) is 41.7. The first kappa shape index (κ1) is 59.9. The van der Waals surface area contributed by atoms with Crippen molar-refractivity contribution in [3.63, 3.8) is 0 Å². The molecular formula is C56H110O5. The van der Waals surface area contributed by atoms with Crippen LogP contribution in [0.1, 0.15) is 328 Å². The van der Waals surface area contributed by atoms with Crippen molar-refractivity contribution in [1.29, 1.82) is 0 Å². The van der Waals surface area contributed by atoms with E-state index in [0.717, 1.165) is 32.1 Å². The number of aliphatic hydroxyl groups excluding tert-OH is 1. The quantitative estimate of drug-likeness (QED) is 0.0487. The van der Waals surface area contributed by atoms with E-state index in [0.29, 0.717) is 12.8 Å². The summed E-state index contributed by atoms with van der Waals surface area (Å²) in [4.78, 5) is 24.4. The van der Waals surface area contributed by atoms with E-state index in [9.17, 15) is 14.7 Å². The van der Waals surface area contributed by atoms with Gasteiger partial charge >= 0.3 is 11.9 Å². The van der Waals surface area contributed by atoms with Gasteiger partial charge in [0.05, 0.1) is 6.61 Å². The minimum Gasteiger partial charge on any atom is -0.462 e. The molecule has 1 atom stereocenters. The number of unbranched alkanes of at least 4 members (excludes halogenated alkanes) is 45. The van der Waals surface area contributed by atoms with E-state index in [2.05, 4.69) is 13.8 Å². The highest BCUT2D eigenvalue weighted by Crippen LogP contribution is 2.18. The van der Waals surface area contributed by atoms with Gasteiger partial charge in [-0.15, -0.1) is 0 Å². The number of rotatable bonds is 53. The van der Waals surface area contributed by atoms with Crippen molar-refractivity contribution in [3.05, 3.63) is 0 Å². The Labute approximate surface area is 382 Å². The normalized spacial score (nSPS) is 12.0. The molecule has 1 unspecified atom stereocenters. The average molecular weight is 863 g/mol. The van der Waals surface area contributed by atoms with Crippen molar-refractivity contribution in [2.75, 3.05) is 13.2 Å². The van der Waals surface area contributed by atoms with Crippen LogP contribution in [0.2, 0.25) is 0 Å². The Morgan fingerprint density at radius 2 is 0.508 bits per heavy atom. The van der Waals surface area contributed by atoms with Crippen molar-refractivity contribution in [2.45, 2.75) is 335 Å². The van der Waals surface area contributed by atoms with Crippen molar-refractivity contribution in [3.8, 4) is 0 Å². The molecule has 0 bridgehead atoms. The molecular weight excluding hydrogens is 753 g/mol. The highest BCUT2D eigenvalue weighted by Gasteiger charge is 2.16. The molecule has 364 valence electrons. The van der Waals surface area contributed by atoms with Crippen molar-refractivity contribution in [2.24, 2.45) is 0 Å². The molecule has 0 heterocycles. The van der Waals surface area contributed by atoms with Gasteiger partial charge in [0, 0.05) is 12.8 Å². The summed E-state index contributed by atoms with van der Waals surface area (Å²) < 4.78 is 10.7. The molecule has 0 spiro atoms. The van der Waals surface area contributed by atoms with Gasteiger partial charge in [-0.1, -0.05) is 303 Å². The third-order valence-corrected chi connectivity index (χ3v) is 13.2. The van der Waals surface area contributed by atoms with E-state index in [1.54, 1.807) is 0 Å². The minimum absolute atomic E-state index is 0.0561. The number of hydrogen-bond acceptors (Lipinski definition) is 5. The molecule has 0 radical (unpaired) electrons. The van der Waals surface area contributed by atoms with Gasteiger partial charge in [0.2, 0.25) is 0 Å². The average Bonchev–Trinajstić information content (AvgIpc) is 3.26. The largest absolute Gasteiger partial charge is 0.462 e. The van der Waals surface area contributed by atoms with Crippen molar-refractivity contribution < 1.29 is 24.2 Å². The summed E-state index contributed by atoms with van der Waals surface area (Å²) in [6.45, 7) is 4.20. The van der Waals surface area contributed by atoms with Crippen LogP contribution in [0.15, 0.2) is 0 Å². The maximum absolute atomic E-state index is 12.3. The summed E-state index contributed by atoms with van der Waals surface area (Å²) in [5.41, 5.74) is 0. The second-order valence-electron chi connectivity index (χ2n) is 19.4. The molecule has 0 fully saturated rings. The first-order valence-electron chi connectivity index (χ1n) is 28.1. The predicted octanol–water partition coefficient (Wildman–Crippen LogP) is 18.6. The third kappa shape index (κ3) is 51.4. The zero-order chi connectivity index (χ0) is 44.2. The van der Waals surface area contributed by atoms with Crippen molar-refractivity contribution >= 4 is 11.9 Å². The maximum atomic E-state index is 12.3. The van der Waals surface area contributed by atoms with Gasteiger partial charge < -0.3 is 14.6 Å². The lowest BCUT2D eigenvalue weighted by molar-refractivity contribution is -0.161. The van der Waals surface area contributed by atoms with Crippen LogP contribution < -0.4 is 0 Å². The van der Waals surface area contributed by atoms with Gasteiger partial charge in [-0.3, -0.25) is 9.59 Å². The van der Waals surface area contributed by atoms with Gasteiger partial charge in [0.15, 0.2) is 6.10 Å². The first-order chi connectivity index (χ1) is 30.1. The maximum Gasteiger partial charge on any atom is 0.306 e. The fraction of sp³-hybridized carbons (Fsp3) is 0.964. The highest BCUT2D eigenvalue weighted by molar-refractivity contribution is 5.70. The molecule has 1 N–H and O–H groups in total. The summed E-state index contributed by atoms with van der Waals surface area (Å²) >= 11 is 0. The lowest BCUT2D eigenvalue weighted by atomic mass is 10.0. The summed E-state index contributed by atoms with van der Waals surface area (Å²) in [5.74, 6) is -0.566. The fourth-order valence-corrected chi connectivity index (χ4v) is 8.91. The number of carbonyl (C=O) groups is 2. The van der Waals surface area contributed by atoms with Crippen LogP contribution in [0.5, 0.6) is 0 Å². The Morgan fingerprint density at radius 3 is 0.721 bits per heavy atom. The molecule has 0 aromatic rings. The van der Waals surface area contributed by atoms with E-state index in [4.69, 9.17) is 9.47 Å². The molecule has 0 saturated carbocycles. The highest BCUT2D eigenvalue weighted by atomic mass is 16.6. The molecule has 5 heteroatoms. The molecule has 0 aliphatic rings. The number of aliphatic hydroxyl groups is 1. The molecule has 61 heavy (non-hydrogen) atoms. The predicted molar refractivity (Wildman–Crippen MR) is 266 cm³/mol. The van der Waals surface area contributed by atoms with Gasteiger partial charge in [-0.25, -0.2) is 0 Å². The van der Waals surface area contributed by atoms with E-state index in [-0.39, 0.29) is 25.2 Å². The minimum atomic E-state index is -0.763. The Balaban J connectivity index is 3.36. The van der Waals surface area contributed by atoms with Crippen LogP contribution in [0, 0.1) is 0 Å². The van der Waals surface area contributed by atoms with Gasteiger partial charge in [-0.2, -0.15) is 0 Å². The van der Waals surface area contributed by atoms with Crippen LogP contribution in [-0.4, -0.2) is 36.4 Å². The summed E-state index contributed by atoms with van der Waals surface area (Å²) in [6.07, 6.45) is 63.8. The van der Waals surface area contributed by atoms with Crippen molar-refractivity contribution in [1.82, 2.24) is 0 Å². The summed E-state index contributed by atoms with van der Waals surface area (Å²) in [5, 5.41) is 9.63. The third-order valence-electron chi connectivity index (χ3n) is 13.2. The first-order valence-corrected chi connectivity index (χ1v) is 28.1. The van der Waals surface area contributed by atoms with Crippen LogP contribution in [-0.2, 0) is 19.1 Å². The molecule has 0 aliphatic carbocycles. The number of ether oxygens (including phenoxy) is 2. The van der Waals surface area contributed by atoms with E-state index in [1.165, 1.54) is 270 Å². The number of esters is 2. The molecule has 0 rings (SSSR count). The van der Waals surface area contributed by atoms with Crippen LogP contribution in [0.4, 0.5) is 0 Å². The van der Waals surface area contributed by atoms with Crippen LogP contribution >= 0.6 is 0 Å². The van der Waals surface area contributed by atoms with Crippen LogP contribution in [0.25, 0.3) is 0 Å². The standard InChI is InChI=1S/C56H110O5/c1-3-5-7-9-11-13-15-17-19-20-21-22-23-24-25-26-27-28-29-30-31-32-33-34-35-37-39-41-43-45-47-49-51-56(59)61-54(52-57)53-60-55(58)50-48-46-44-42-40-38-36-18-16-14-12-10-8-6-4-2/h54,57H,3-53H2,1-2H3. The number of carbonyl (C=O) groups excluding carboxylic acids is 2. The summed E-state index contributed by atoms with van der Waals surface area (Å²) in [7, 11) is 0. The topological polar surface area (TPSA) is 72.8 Å². The molecule has 0 amide bonds. The number of hydrogen-bond donors (Lipinski definition) is 1. The summed E-state index contributed by atoms with van der Waals surface area (Å²) in [6, 6.07) is 0. The van der Waals surface area contributed by atoms with E-state index < -0.39 is 6.10 Å². The Bertz CT molecular complexity index is 845. The zero-order valence-corrected chi connectivity index (χ0v) is 41.7. The molecule has 5 nitrogen and oxygen atoms in total. The monoisotopic (exact) mass is 863 g/mol. The fourth-order valence-electron chi connectivity index (χ4n) is 8.91. The second kappa shape index (κ2) is 53.2. The molecule has 0 aliphatic heterocycles. The molecule has 0 saturated heterocycles. The molecule has 0 aromatic heterocycles. The SMILES string of the molecule is CCCCCCCCCCCCCCCCCCCCCCCCCCCCCCCCCCC(=O)OC(CO)COC(=O)CCCCCCCCCCCCCCCCC.